The van der Waals surface area contributed by atoms with Crippen LogP contribution in [-0.4, -0.2) is 0 Å². The Bertz CT molecular complexity index is 2420. The van der Waals surface area contributed by atoms with Crippen LogP contribution in [0, 0.1) is 0 Å². The predicted molar refractivity (Wildman–Crippen MR) is 180 cm³/mol. The zero-order chi connectivity index (χ0) is 26.9. The number of rotatable bonds is 2. The molecular weight excluding hydrogens is 513 g/mol. The van der Waals surface area contributed by atoms with E-state index in [4.69, 9.17) is 0 Å². The average molecular weight is 537 g/mol. The summed E-state index contributed by atoms with van der Waals surface area (Å²) in [6.45, 7) is 0. The van der Waals surface area contributed by atoms with Crippen molar-refractivity contribution in [3.63, 3.8) is 0 Å². The molecule has 1 aromatic heterocycles. The number of thiophene rings is 1. The fraction of sp³-hybridized carbons (Fsp3) is 0. The highest BCUT2D eigenvalue weighted by Crippen LogP contribution is 2.42. The fourth-order valence-electron chi connectivity index (χ4n) is 6.64. The molecule has 9 aromatic rings. The summed E-state index contributed by atoms with van der Waals surface area (Å²) in [6.07, 6.45) is 0. The van der Waals surface area contributed by atoms with Crippen LogP contribution < -0.4 is 0 Å². The molecule has 1 heterocycles. The van der Waals surface area contributed by atoms with Gasteiger partial charge in [0.2, 0.25) is 0 Å². The molecule has 0 saturated carbocycles. The van der Waals surface area contributed by atoms with Crippen molar-refractivity contribution in [2.24, 2.45) is 0 Å². The number of hydrogen-bond acceptors (Lipinski definition) is 1. The van der Waals surface area contributed by atoms with Gasteiger partial charge in [0.15, 0.2) is 0 Å². The first kappa shape index (κ1) is 22.8. The second-order valence-corrected chi connectivity index (χ2v) is 12.0. The second-order valence-electron chi connectivity index (χ2n) is 10.9. The zero-order valence-corrected chi connectivity index (χ0v) is 23.1. The van der Waals surface area contributed by atoms with Crippen molar-refractivity contribution in [2.75, 3.05) is 0 Å². The van der Waals surface area contributed by atoms with E-state index in [0.717, 1.165) is 0 Å². The van der Waals surface area contributed by atoms with Gasteiger partial charge in [-0.3, -0.25) is 0 Å². The van der Waals surface area contributed by atoms with Gasteiger partial charge < -0.3 is 0 Å². The van der Waals surface area contributed by atoms with Crippen LogP contribution in [-0.2, 0) is 0 Å². The van der Waals surface area contributed by atoms with E-state index >= 15 is 0 Å². The highest BCUT2D eigenvalue weighted by atomic mass is 32.1. The molecule has 9 rings (SSSR count). The number of fused-ring (bicyclic) bond motifs is 10. The lowest BCUT2D eigenvalue weighted by Crippen LogP contribution is -1.85. The normalized spacial score (nSPS) is 11.9. The van der Waals surface area contributed by atoms with Crippen LogP contribution in [0.4, 0.5) is 0 Å². The first-order valence-electron chi connectivity index (χ1n) is 14.1. The minimum absolute atomic E-state index is 1.24. The van der Waals surface area contributed by atoms with E-state index in [0.29, 0.717) is 0 Å². The molecule has 0 aliphatic heterocycles. The lowest BCUT2D eigenvalue weighted by molar-refractivity contribution is 1.63. The maximum atomic E-state index is 2.37. The quantitative estimate of drug-likeness (QED) is 0.193. The Hall–Kier alpha value is -4.98. The standard InChI is InChI=1S/C40H24S/c1-2-9-28-24-39-38(23-27(28)8-1)36-15-7-14-30(40(36)41-39)26-18-16-25(17-19-26)29-20-21-35-33-12-4-3-10-31(33)32-11-5-6-13-34(32)37(35)22-29/h1-24H. The van der Waals surface area contributed by atoms with E-state index in [-0.39, 0.29) is 0 Å². The van der Waals surface area contributed by atoms with Crippen LogP contribution in [0.25, 0.3) is 85.5 Å². The average Bonchev–Trinajstić information content (AvgIpc) is 3.41. The maximum absolute atomic E-state index is 2.37. The molecule has 0 saturated heterocycles. The third-order valence-electron chi connectivity index (χ3n) is 8.64. The van der Waals surface area contributed by atoms with Crippen molar-refractivity contribution in [2.45, 2.75) is 0 Å². The zero-order valence-electron chi connectivity index (χ0n) is 22.3. The van der Waals surface area contributed by atoms with Crippen molar-refractivity contribution < 1.29 is 0 Å². The Kier molecular flexibility index (Phi) is 4.87. The molecule has 0 atom stereocenters. The van der Waals surface area contributed by atoms with Gasteiger partial charge in [0, 0.05) is 20.2 Å². The molecule has 0 bridgehead atoms. The minimum Gasteiger partial charge on any atom is -0.135 e. The second kappa shape index (κ2) is 8.76. The maximum Gasteiger partial charge on any atom is 0.0433 e. The van der Waals surface area contributed by atoms with Gasteiger partial charge >= 0.3 is 0 Å². The van der Waals surface area contributed by atoms with Gasteiger partial charge in [0.1, 0.15) is 0 Å². The Morgan fingerprint density at radius 2 is 0.854 bits per heavy atom. The molecule has 8 aromatic carbocycles. The van der Waals surface area contributed by atoms with Gasteiger partial charge in [-0.1, -0.05) is 127 Å². The molecule has 0 nitrogen and oxygen atoms in total. The van der Waals surface area contributed by atoms with E-state index in [1.807, 2.05) is 11.3 Å². The summed E-state index contributed by atoms with van der Waals surface area (Å²) in [5.74, 6) is 0. The smallest absolute Gasteiger partial charge is 0.0433 e. The third kappa shape index (κ3) is 3.46. The fourth-order valence-corrected chi connectivity index (χ4v) is 7.91. The molecule has 0 aliphatic carbocycles. The number of benzene rings is 8. The Morgan fingerprint density at radius 1 is 0.317 bits per heavy atom. The molecule has 0 amide bonds. The van der Waals surface area contributed by atoms with Gasteiger partial charge in [-0.2, -0.15) is 0 Å². The van der Waals surface area contributed by atoms with Crippen LogP contribution in [0.5, 0.6) is 0 Å². The van der Waals surface area contributed by atoms with Gasteiger partial charge in [-0.05, 0) is 83.5 Å². The van der Waals surface area contributed by atoms with Crippen molar-refractivity contribution >= 4 is 74.6 Å². The topological polar surface area (TPSA) is 0 Å². The summed E-state index contributed by atoms with van der Waals surface area (Å²) in [4.78, 5) is 0. The first-order valence-corrected chi connectivity index (χ1v) is 14.9. The summed E-state index contributed by atoms with van der Waals surface area (Å²) in [5.41, 5.74) is 5.04. The largest absolute Gasteiger partial charge is 0.135 e. The highest BCUT2D eigenvalue weighted by Gasteiger charge is 2.13. The van der Waals surface area contributed by atoms with Crippen LogP contribution >= 0.6 is 11.3 Å². The van der Waals surface area contributed by atoms with Crippen LogP contribution in [0.1, 0.15) is 0 Å². The van der Waals surface area contributed by atoms with Gasteiger partial charge in [-0.25, -0.2) is 0 Å². The van der Waals surface area contributed by atoms with Crippen LogP contribution in [0.15, 0.2) is 146 Å². The van der Waals surface area contributed by atoms with E-state index in [1.54, 1.807) is 0 Å². The summed E-state index contributed by atoms with van der Waals surface area (Å²) >= 11 is 1.90. The minimum atomic E-state index is 1.24. The molecule has 41 heavy (non-hydrogen) atoms. The van der Waals surface area contributed by atoms with Crippen molar-refractivity contribution in [1.29, 1.82) is 0 Å². The summed E-state index contributed by atoms with van der Waals surface area (Å²) in [6, 6.07) is 53.7. The molecule has 0 radical (unpaired) electrons. The molecule has 1 heteroatoms. The third-order valence-corrected chi connectivity index (χ3v) is 9.84. The SMILES string of the molecule is c1ccc2cc3c(cc2c1)sc1c(-c2ccc(-c4ccc5c6ccccc6c6ccccc6c5c4)cc2)cccc13. The van der Waals surface area contributed by atoms with Crippen molar-refractivity contribution in [3.8, 4) is 22.3 Å². The van der Waals surface area contributed by atoms with Gasteiger partial charge in [-0.15, -0.1) is 11.3 Å². The van der Waals surface area contributed by atoms with E-state index in [1.165, 1.54) is 85.5 Å². The van der Waals surface area contributed by atoms with Gasteiger partial charge in [0.25, 0.3) is 0 Å². The molecule has 0 fully saturated rings. The lowest BCUT2D eigenvalue weighted by atomic mass is 9.92. The molecule has 0 unspecified atom stereocenters. The number of hydrogen-bond donors (Lipinski definition) is 0. The molecule has 0 spiro atoms. The molecule has 190 valence electrons. The van der Waals surface area contributed by atoms with Crippen LogP contribution in [0.2, 0.25) is 0 Å². The first-order chi connectivity index (χ1) is 20.3. The van der Waals surface area contributed by atoms with E-state index in [2.05, 4.69) is 146 Å². The van der Waals surface area contributed by atoms with Crippen molar-refractivity contribution in [1.82, 2.24) is 0 Å². The van der Waals surface area contributed by atoms with E-state index < -0.39 is 0 Å². The summed E-state index contributed by atoms with van der Waals surface area (Å²) in [5, 5.41) is 13.1. The lowest BCUT2D eigenvalue weighted by Gasteiger charge is -2.12. The van der Waals surface area contributed by atoms with Crippen LogP contribution in [0.3, 0.4) is 0 Å². The summed E-state index contributed by atoms with van der Waals surface area (Å²) < 4.78 is 2.70. The monoisotopic (exact) mass is 536 g/mol. The summed E-state index contributed by atoms with van der Waals surface area (Å²) in [7, 11) is 0. The Balaban J connectivity index is 1.18. The predicted octanol–water partition coefficient (Wildman–Crippen LogP) is 12.0. The van der Waals surface area contributed by atoms with E-state index in [9.17, 15) is 0 Å². The Morgan fingerprint density at radius 3 is 1.56 bits per heavy atom. The highest BCUT2D eigenvalue weighted by molar-refractivity contribution is 7.26. The molecular formula is C40H24S. The Labute approximate surface area is 241 Å². The molecule has 0 aliphatic rings. The van der Waals surface area contributed by atoms with Gasteiger partial charge in [0.05, 0.1) is 0 Å². The van der Waals surface area contributed by atoms with Crippen molar-refractivity contribution in [3.05, 3.63) is 146 Å². The molecule has 0 N–H and O–H groups in total.